The lowest BCUT2D eigenvalue weighted by Crippen LogP contribution is -2.23. The molecule has 0 saturated carbocycles. The van der Waals surface area contributed by atoms with E-state index in [1.54, 1.807) is 19.2 Å². The summed E-state index contributed by atoms with van der Waals surface area (Å²) in [5.41, 5.74) is 7.33. The van der Waals surface area contributed by atoms with Gasteiger partial charge >= 0.3 is 5.97 Å². The Bertz CT molecular complexity index is 363. The third-order valence-electron chi connectivity index (χ3n) is 2.34. The summed E-state index contributed by atoms with van der Waals surface area (Å²) in [5, 5.41) is 0. The zero-order valence-corrected chi connectivity index (χ0v) is 9.11. The molecule has 2 N–H and O–H groups in total. The van der Waals surface area contributed by atoms with Gasteiger partial charge < -0.3 is 15.2 Å². The van der Waals surface area contributed by atoms with Crippen LogP contribution in [0.4, 0.5) is 0 Å². The highest BCUT2D eigenvalue weighted by Crippen LogP contribution is 2.25. The molecule has 1 atom stereocenters. The zero-order chi connectivity index (χ0) is 11.4. The Kier molecular flexibility index (Phi) is 3.68. The van der Waals surface area contributed by atoms with Crippen molar-refractivity contribution in [3.05, 3.63) is 29.3 Å². The molecule has 4 heteroatoms. The molecule has 0 spiro atoms. The number of esters is 1. The van der Waals surface area contributed by atoms with E-state index in [1.807, 2.05) is 13.0 Å². The van der Waals surface area contributed by atoms with E-state index in [-0.39, 0.29) is 0 Å². The molecule has 0 radical (unpaired) electrons. The van der Waals surface area contributed by atoms with Crippen molar-refractivity contribution in [2.24, 2.45) is 5.73 Å². The maximum atomic E-state index is 11.3. The lowest BCUT2D eigenvalue weighted by molar-refractivity contribution is -0.142. The normalized spacial score (nSPS) is 12.0. The minimum atomic E-state index is -0.759. The second-order valence-corrected chi connectivity index (χ2v) is 3.18. The van der Waals surface area contributed by atoms with Crippen LogP contribution in [0, 0.1) is 6.92 Å². The molecular formula is C11H15NO3. The van der Waals surface area contributed by atoms with Gasteiger partial charge in [0.2, 0.25) is 0 Å². The van der Waals surface area contributed by atoms with Crippen LogP contribution in [0.25, 0.3) is 0 Å². The maximum absolute atomic E-state index is 11.3. The van der Waals surface area contributed by atoms with Gasteiger partial charge in [0.1, 0.15) is 11.8 Å². The van der Waals surface area contributed by atoms with Crippen LogP contribution in [0.5, 0.6) is 5.75 Å². The average Bonchev–Trinajstić information content (AvgIpc) is 2.27. The average molecular weight is 209 g/mol. The Labute approximate surface area is 89.0 Å². The van der Waals surface area contributed by atoms with E-state index in [1.165, 1.54) is 7.11 Å². The number of nitrogens with two attached hydrogens (primary N) is 1. The molecule has 0 saturated heterocycles. The number of benzene rings is 1. The van der Waals surface area contributed by atoms with Crippen molar-refractivity contribution >= 4 is 5.97 Å². The van der Waals surface area contributed by atoms with Gasteiger partial charge in [-0.15, -0.1) is 0 Å². The molecule has 1 aromatic carbocycles. The van der Waals surface area contributed by atoms with Crippen molar-refractivity contribution in [2.45, 2.75) is 13.0 Å². The van der Waals surface area contributed by atoms with Crippen molar-refractivity contribution in [3.8, 4) is 5.75 Å². The molecule has 1 aromatic rings. The zero-order valence-electron chi connectivity index (χ0n) is 9.11. The third-order valence-corrected chi connectivity index (χ3v) is 2.34. The summed E-state index contributed by atoms with van der Waals surface area (Å²) in [7, 11) is 2.90. The molecular weight excluding hydrogens is 194 g/mol. The van der Waals surface area contributed by atoms with E-state index in [0.29, 0.717) is 5.75 Å². The minimum absolute atomic E-state index is 0.452. The Morgan fingerprint density at radius 2 is 2.07 bits per heavy atom. The van der Waals surface area contributed by atoms with E-state index in [2.05, 4.69) is 4.74 Å². The SMILES string of the molecule is COC(=O)C(N)c1cccc(OC)c1C. The molecule has 82 valence electrons. The number of hydrogen-bond donors (Lipinski definition) is 1. The first kappa shape index (κ1) is 11.5. The molecule has 0 amide bonds. The van der Waals surface area contributed by atoms with Crippen LogP contribution in [-0.4, -0.2) is 20.2 Å². The molecule has 0 heterocycles. The van der Waals surface area contributed by atoms with Gasteiger partial charge in [-0.2, -0.15) is 0 Å². The number of carbonyl (C=O) groups is 1. The molecule has 0 aliphatic carbocycles. The Morgan fingerprint density at radius 3 is 2.60 bits per heavy atom. The van der Waals surface area contributed by atoms with Crippen molar-refractivity contribution in [1.29, 1.82) is 0 Å². The van der Waals surface area contributed by atoms with Crippen molar-refractivity contribution in [1.82, 2.24) is 0 Å². The lowest BCUT2D eigenvalue weighted by Gasteiger charge is -2.14. The van der Waals surface area contributed by atoms with Gasteiger partial charge in [0.25, 0.3) is 0 Å². The van der Waals surface area contributed by atoms with Crippen molar-refractivity contribution < 1.29 is 14.3 Å². The Morgan fingerprint density at radius 1 is 1.40 bits per heavy atom. The summed E-state index contributed by atoms with van der Waals surface area (Å²) in [4.78, 5) is 11.3. The number of methoxy groups -OCH3 is 2. The summed E-state index contributed by atoms with van der Waals surface area (Å²) < 4.78 is 9.73. The largest absolute Gasteiger partial charge is 0.496 e. The molecule has 0 aliphatic heterocycles. The Balaban J connectivity index is 3.09. The van der Waals surface area contributed by atoms with Gasteiger partial charge in [-0.3, -0.25) is 4.79 Å². The van der Waals surface area contributed by atoms with Crippen LogP contribution in [0.15, 0.2) is 18.2 Å². The fourth-order valence-electron chi connectivity index (χ4n) is 1.44. The lowest BCUT2D eigenvalue weighted by atomic mass is 10.0. The van der Waals surface area contributed by atoms with Gasteiger partial charge in [-0.1, -0.05) is 12.1 Å². The van der Waals surface area contributed by atoms with Gasteiger partial charge in [0, 0.05) is 0 Å². The predicted molar refractivity (Wildman–Crippen MR) is 56.7 cm³/mol. The van der Waals surface area contributed by atoms with Crippen molar-refractivity contribution in [3.63, 3.8) is 0 Å². The van der Waals surface area contributed by atoms with Crippen LogP contribution in [-0.2, 0) is 9.53 Å². The van der Waals surface area contributed by atoms with E-state index in [9.17, 15) is 4.79 Å². The van der Waals surface area contributed by atoms with Gasteiger partial charge in [-0.25, -0.2) is 0 Å². The molecule has 0 aliphatic rings. The minimum Gasteiger partial charge on any atom is -0.496 e. The maximum Gasteiger partial charge on any atom is 0.327 e. The first-order chi connectivity index (χ1) is 7.11. The highest BCUT2D eigenvalue weighted by molar-refractivity contribution is 5.78. The van der Waals surface area contributed by atoms with E-state index < -0.39 is 12.0 Å². The van der Waals surface area contributed by atoms with Gasteiger partial charge in [0.15, 0.2) is 0 Å². The van der Waals surface area contributed by atoms with Crippen LogP contribution < -0.4 is 10.5 Å². The number of hydrogen-bond acceptors (Lipinski definition) is 4. The van der Waals surface area contributed by atoms with Gasteiger partial charge in [0.05, 0.1) is 14.2 Å². The van der Waals surface area contributed by atoms with Crippen LogP contribution in [0.2, 0.25) is 0 Å². The van der Waals surface area contributed by atoms with E-state index in [0.717, 1.165) is 11.1 Å². The highest BCUT2D eigenvalue weighted by atomic mass is 16.5. The summed E-state index contributed by atoms with van der Waals surface area (Å²) in [5.74, 6) is 0.262. The first-order valence-corrected chi connectivity index (χ1v) is 4.58. The molecule has 4 nitrogen and oxygen atoms in total. The van der Waals surface area contributed by atoms with Crippen LogP contribution in [0.1, 0.15) is 17.2 Å². The monoisotopic (exact) mass is 209 g/mol. The third kappa shape index (κ3) is 2.27. The molecule has 1 rings (SSSR count). The van der Waals surface area contributed by atoms with Gasteiger partial charge in [-0.05, 0) is 24.1 Å². The fourth-order valence-corrected chi connectivity index (χ4v) is 1.44. The molecule has 0 aromatic heterocycles. The fraction of sp³-hybridized carbons (Fsp3) is 0.364. The van der Waals surface area contributed by atoms with Crippen molar-refractivity contribution in [2.75, 3.05) is 14.2 Å². The number of ether oxygens (including phenoxy) is 2. The molecule has 0 fully saturated rings. The van der Waals surface area contributed by atoms with E-state index >= 15 is 0 Å². The molecule has 0 bridgehead atoms. The summed E-state index contributed by atoms with van der Waals surface area (Å²) in [6, 6.07) is 4.65. The molecule has 15 heavy (non-hydrogen) atoms. The van der Waals surface area contributed by atoms with Crippen LogP contribution in [0.3, 0.4) is 0 Å². The predicted octanol–water partition coefficient (Wildman–Crippen LogP) is 1.18. The molecule has 1 unspecified atom stereocenters. The topological polar surface area (TPSA) is 61.5 Å². The second kappa shape index (κ2) is 4.79. The summed E-state index contributed by atoms with van der Waals surface area (Å²) in [6.45, 7) is 1.86. The number of rotatable bonds is 3. The highest BCUT2D eigenvalue weighted by Gasteiger charge is 2.19. The standard InChI is InChI=1S/C11H15NO3/c1-7-8(10(12)11(13)15-3)5-4-6-9(7)14-2/h4-6,10H,12H2,1-3H3. The number of carbonyl (C=O) groups excluding carboxylic acids is 1. The quantitative estimate of drug-likeness (QED) is 0.759. The first-order valence-electron chi connectivity index (χ1n) is 4.58. The Hall–Kier alpha value is -1.55. The van der Waals surface area contributed by atoms with E-state index in [4.69, 9.17) is 10.5 Å². The second-order valence-electron chi connectivity index (χ2n) is 3.18. The van der Waals surface area contributed by atoms with Crippen LogP contribution >= 0.6 is 0 Å². The smallest absolute Gasteiger partial charge is 0.327 e. The summed E-state index contributed by atoms with van der Waals surface area (Å²) >= 11 is 0. The summed E-state index contributed by atoms with van der Waals surface area (Å²) in [6.07, 6.45) is 0.